The average Bonchev–Trinajstić information content (AvgIpc) is 2.88. The molecule has 0 bridgehead atoms. The molecule has 0 saturated carbocycles. The number of rotatable bonds is 6. The Bertz CT molecular complexity index is 506. The van der Waals surface area contributed by atoms with Crippen molar-refractivity contribution < 1.29 is 5.11 Å². The standard InChI is InChI=1S/C14H20N4O/c1-2-3-11-4-6-12(7-5-11)14-9-18(17-16-14)8-13(15)10-19/h4-7,9,13,19H,2-3,8,10,15H2,1H3/t13-/m0/s1. The highest BCUT2D eigenvalue weighted by atomic mass is 16.3. The Labute approximate surface area is 113 Å². The number of aromatic nitrogens is 3. The zero-order chi connectivity index (χ0) is 13.7. The first-order valence-corrected chi connectivity index (χ1v) is 6.58. The van der Waals surface area contributed by atoms with Crippen LogP contribution in [0.1, 0.15) is 18.9 Å². The smallest absolute Gasteiger partial charge is 0.113 e. The normalized spacial score (nSPS) is 12.6. The van der Waals surface area contributed by atoms with Gasteiger partial charge < -0.3 is 10.8 Å². The van der Waals surface area contributed by atoms with Crippen LogP contribution in [0, 0.1) is 0 Å². The third-order valence-electron chi connectivity index (χ3n) is 2.98. The second-order valence-corrected chi connectivity index (χ2v) is 4.72. The molecule has 0 radical (unpaired) electrons. The van der Waals surface area contributed by atoms with Crippen molar-refractivity contribution in [3.8, 4) is 11.3 Å². The first kappa shape index (κ1) is 13.7. The van der Waals surface area contributed by atoms with E-state index in [1.807, 2.05) is 6.20 Å². The van der Waals surface area contributed by atoms with Gasteiger partial charge in [-0.25, -0.2) is 0 Å². The molecule has 0 saturated heterocycles. The Hall–Kier alpha value is -1.72. The van der Waals surface area contributed by atoms with Crippen LogP contribution in [-0.2, 0) is 13.0 Å². The van der Waals surface area contributed by atoms with Crippen molar-refractivity contribution >= 4 is 0 Å². The zero-order valence-corrected chi connectivity index (χ0v) is 11.2. The summed E-state index contributed by atoms with van der Waals surface area (Å²) >= 11 is 0. The Morgan fingerprint density at radius 3 is 2.68 bits per heavy atom. The second kappa shape index (κ2) is 6.45. The van der Waals surface area contributed by atoms with Crippen LogP contribution in [-0.4, -0.2) is 32.7 Å². The topological polar surface area (TPSA) is 77.0 Å². The summed E-state index contributed by atoms with van der Waals surface area (Å²) in [6, 6.07) is 8.06. The molecule has 0 spiro atoms. The molecule has 0 unspecified atom stereocenters. The summed E-state index contributed by atoms with van der Waals surface area (Å²) in [5, 5.41) is 17.1. The van der Waals surface area contributed by atoms with E-state index in [4.69, 9.17) is 10.8 Å². The molecule has 0 aliphatic carbocycles. The number of aliphatic hydroxyl groups excluding tert-OH is 1. The van der Waals surface area contributed by atoms with E-state index in [9.17, 15) is 0 Å². The van der Waals surface area contributed by atoms with Crippen LogP contribution in [0.2, 0.25) is 0 Å². The van der Waals surface area contributed by atoms with Gasteiger partial charge in [0.1, 0.15) is 5.69 Å². The fourth-order valence-corrected chi connectivity index (χ4v) is 1.95. The number of nitrogens with zero attached hydrogens (tertiary/aromatic N) is 3. The molecule has 0 fully saturated rings. The SMILES string of the molecule is CCCc1ccc(-c2cn(C[C@H](N)CO)nn2)cc1. The minimum atomic E-state index is -0.304. The van der Waals surface area contributed by atoms with E-state index in [-0.39, 0.29) is 12.6 Å². The molecule has 102 valence electrons. The predicted molar refractivity (Wildman–Crippen MR) is 74.5 cm³/mol. The molecule has 1 aromatic heterocycles. The van der Waals surface area contributed by atoms with Crippen molar-refractivity contribution in [3.05, 3.63) is 36.0 Å². The highest BCUT2D eigenvalue weighted by Gasteiger charge is 2.07. The van der Waals surface area contributed by atoms with Crippen LogP contribution in [0.25, 0.3) is 11.3 Å². The minimum absolute atomic E-state index is 0.0547. The van der Waals surface area contributed by atoms with Crippen LogP contribution in [0.15, 0.2) is 30.5 Å². The lowest BCUT2D eigenvalue weighted by Gasteiger charge is -2.06. The Morgan fingerprint density at radius 2 is 2.05 bits per heavy atom. The van der Waals surface area contributed by atoms with Gasteiger partial charge in [0.2, 0.25) is 0 Å². The summed E-state index contributed by atoms with van der Waals surface area (Å²) in [5.74, 6) is 0. The molecule has 5 nitrogen and oxygen atoms in total. The van der Waals surface area contributed by atoms with Crippen molar-refractivity contribution in [2.24, 2.45) is 5.73 Å². The van der Waals surface area contributed by atoms with Gasteiger partial charge in [-0.05, 0) is 12.0 Å². The lowest BCUT2D eigenvalue weighted by Crippen LogP contribution is -2.30. The molecule has 0 amide bonds. The highest BCUT2D eigenvalue weighted by molar-refractivity contribution is 5.57. The molecule has 1 atom stereocenters. The summed E-state index contributed by atoms with van der Waals surface area (Å²) in [5.41, 5.74) is 8.87. The average molecular weight is 260 g/mol. The fourth-order valence-electron chi connectivity index (χ4n) is 1.95. The van der Waals surface area contributed by atoms with Gasteiger partial charge in [-0.15, -0.1) is 5.10 Å². The van der Waals surface area contributed by atoms with E-state index >= 15 is 0 Å². The van der Waals surface area contributed by atoms with Crippen LogP contribution in [0.5, 0.6) is 0 Å². The summed E-state index contributed by atoms with van der Waals surface area (Å²) < 4.78 is 1.66. The van der Waals surface area contributed by atoms with E-state index in [0.29, 0.717) is 6.54 Å². The number of aryl methyl sites for hydroxylation is 1. The molecule has 1 aromatic carbocycles. The molecule has 0 aliphatic heterocycles. The minimum Gasteiger partial charge on any atom is -0.395 e. The number of benzene rings is 1. The summed E-state index contributed by atoms with van der Waals surface area (Å²) in [6.45, 7) is 2.59. The van der Waals surface area contributed by atoms with Gasteiger partial charge in [0.15, 0.2) is 0 Å². The zero-order valence-electron chi connectivity index (χ0n) is 11.2. The largest absolute Gasteiger partial charge is 0.395 e. The molecule has 3 N–H and O–H groups in total. The van der Waals surface area contributed by atoms with Crippen LogP contribution in [0.3, 0.4) is 0 Å². The number of aliphatic hydroxyl groups is 1. The third-order valence-corrected chi connectivity index (χ3v) is 2.98. The monoisotopic (exact) mass is 260 g/mol. The molecular formula is C14H20N4O. The molecule has 0 aliphatic rings. The molecule has 5 heteroatoms. The van der Waals surface area contributed by atoms with Crippen molar-refractivity contribution in [2.75, 3.05) is 6.61 Å². The van der Waals surface area contributed by atoms with Gasteiger partial charge in [-0.1, -0.05) is 42.8 Å². The summed E-state index contributed by atoms with van der Waals surface area (Å²) in [7, 11) is 0. The number of hydrogen-bond acceptors (Lipinski definition) is 4. The van der Waals surface area contributed by atoms with E-state index in [1.165, 1.54) is 5.56 Å². The maximum absolute atomic E-state index is 8.91. The Balaban J connectivity index is 2.09. The van der Waals surface area contributed by atoms with Gasteiger partial charge in [0.05, 0.1) is 19.3 Å². The molecule has 19 heavy (non-hydrogen) atoms. The quantitative estimate of drug-likeness (QED) is 0.818. The summed E-state index contributed by atoms with van der Waals surface area (Å²) in [6.07, 6.45) is 4.09. The van der Waals surface area contributed by atoms with Crippen molar-refractivity contribution in [3.63, 3.8) is 0 Å². The van der Waals surface area contributed by atoms with E-state index in [0.717, 1.165) is 24.1 Å². The van der Waals surface area contributed by atoms with Crippen LogP contribution >= 0.6 is 0 Å². The first-order valence-electron chi connectivity index (χ1n) is 6.58. The second-order valence-electron chi connectivity index (χ2n) is 4.72. The lowest BCUT2D eigenvalue weighted by molar-refractivity contribution is 0.250. The molecule has 2 rings (SSSR count). The van der Waals surface area contributed by atoms with Crippen molar-refractivity contribution in [1.82, 2.24) is 15.0 Å². The molecule has 1 heterocycles. The molecule has 2 aromatic rings. The van der Waals surface area contributed by atoms with Gasteiger partial charge >= 0.3 is 0 Å². The van der Waals surface area contributed by atoms with E-state index in [1.54, 1.807) is 4.68 Å². The fraction of sp³-hybridized carbons (Fsp3) is 0.429. The maximum atomic E-state index is 8.91. The van der Waals surface area contributed by atoms with Crippen molar-refractivity contribution in [2.45, 2.75) is 32.4 Å². The van der Waals surface area contributed by atoms with Gasteiger partial charge in [-0.2, -0.15) is 0 Å². The Kier molecular flexibility index (Phi) is 4.65. The summed E-state index contributed by atoms with van der Waals surface area (Å²) in [4.78, 5) is 0. The Morgan fingerprint density at radius 1 is 1.32 bits per heavy atom. The van der Waals surface area contributed by atoms with E-state index < -0.39 is 0 Å². The van der Waals surface area contributed by atoms with E-state index in [2.05, 4.69) is 41.5 Å². The highest BCUT2D eigenvalue weighted by Crippen LogP contribution is 2.17. The number of hydrogen-bond donors (Lipinski definition) is 2. The molecular weight excluding hydrogens is 240 g/mol. The van der Waals surface area contributed by atoms with Gasteiger partial charge in [0.25, 0.3) is 0 Å². The van der Waals surface area contributed by atoms with Crippen LogP contribution < -0.4 is 5.73 Å². The lowest BCUT2D eigenvalue weighted by atomic mass is 10.1. The van der Waals surface area contributed by atoms with Crippen molar-refractivity contribution in [1.29, 1.82) is 0 Å². The predicted octanol–water partition coefficient (Wildman–Crippen LogP) is 1.22. The maximum Gasteiger partial charge on any atom is 0.113 e. The van der Waals surface area contributed by atoms with Gasteiger partial charge in [0, 0.05) is 11.6 Å². The number of nitrogens with two attached hydrogens (primary N) is 1. The first-order chi connectivity index (χ1) is 9.22. The van der Waals surface area contributed by atoms with Gasteiger partial charge in [-0.3, -0.25) is 4.68 Å². The third kappa shape index (κ3) is 3.62. The van der Waals surface area contributed by atoms with Crippen LogP contribution in [0.4, 0.5) is 0 Å².